The summed E-state index contributed by atoms with van der Waals surface area (Å²) in [6.07, 6.45) is 0.848. The molecule has 0 saturated carbocycles. The highest BCUT2D eigenvalue weighted by atomic mass is 28.3. The second-order valence-corrected chi connectivity index (χ2v) is 11.2. The van der Waals surface area contributed by atoms with Crippen molar-refractivity contribution in [3.05, 3.63) is 35.6 Å². The van der Waals surface area contributed by atoms with Crippen molar-refractivity contribution in [3.63, 3.8) is 0 Å². The topological polar surface area (TPSA) is 20.2 Å². The minimum absolute atomic E-state index is 0.200. The van der Waals surface area contributed by atoms with Crippen molar-refractivity contribution < 1.29 is 9.50 Å². The van der Waals surface area contributed by atoms with Gasteiger partial charge in [0.25, 0.3) is 0 Å². The lowest BCUT2D eigenvalue weighted by Crippen LogP contribution is -2.26. The minimum Gasteiger partial charge on any atom is -0.396 e. The van der Waals surface area contributed by atoms with E-state index in [1.165, 1.54) is 12.1 Å². The zero-order chi connectivity index (χ0) is 12.2. The van der Waals surface area contributed by atoms with Gasteiger partial charge in [0.05, 0.1) is 0 Å². The summed E-state index contributed by atoms with van der Waals surface area (Å²) in [6, 6.07) is 7.70. The summed E-state index contributed by atoms with van der Waals surface area (Å²) in [7, 11) is -1.14. The Kier molecular flexibility index (Phi) is 4.68. The lowest BCUT2D eigenvalue weighted by atomic mass is 10.0. The average Bonchev–Trinajstić information content (AvgIpc) is 2.18. The van der Waals surface area contributed by atoms with Gasteiger partial charge < -0.3 is 5.11 Å². The number of hydrogen-bond acceptors (Lipinski definition) is 1. The fraction of sp³-hybridized carbons (Fsp3) is 0.538. The average molecular weight is 240 g/mol. The molecule has 0 aliphatic rings. The summed E-state index contributed by atoms with van der Waals surface area (Å²) in [5, 5.41) is 9.35. The van der Waals surface area contributed by atoms with E-state index in [4.69, 9.17) is 0 Å². The van der Waals surface area contributed by atoms with Crippen molar-refractivity contribution in [2.24, 2.45) is 5.92 Å². The normalized spacial score (nSPS) is 13.8. The van der Waals surface area contributed by atoms with Gasteiger partial charge in [-0.3, -0.25) is 0 Å². The SMILES string of the molecule is C[Si](C)(C)CC(CO)Cc1ccc(F)cc1. The molecule has 0 saturated heterocycles. The van der Waals surface area contributed by atoms with Gasteiger partial charge in [-0.05, 0) is 30.0 Å². The Balaban J connectivity index is 2.60. The molecule has 1 unspecified atom stereocenters. The van der Waals surface area contributed by atoms with Crippen molar-refractivity contribution in [2.45, 2.75) is 32.1 Å². The van der Waals surface area contributed by atoms with Crippen LogP contribution in [0.1, 0.15) is 5.56 Å². The maximum absolute atomic E-state index is 12.7. The second-order valence-electron chi connectivity index (χ2n) is 5.64. The molecule has 3 heteroatoms. The molecule has 0 bridgehead atoms. The first-order chi connectivity index (χ1) is 7.40. The van der Waals surface area contributed by atoms with Crippen molar-refractivity contribution in [1.82, 2.24) is 0 Å². The summed E-state index contributed by atoms with van der Waals surface area (Å²) in [6.45, 7) is 7.14. The van der Waals surface area contributed by atoms with E-state index in [-0.39, 0.29) is 12.4 Å². The van der Waals surface area contributed by atoms with Crippen molar-refractivity contribution in [2.75, 3.05) is 6.61 Å². The van der Waals surface area contributed by atoms with E-state index in [9.17, 15) is 9.50 Å². The minimum atomic E-state index is -1.14. The molecule has 0 aromatic heterocycles. The van der Waals surface area contributed by atoms with Crippen LogP contribution in [0.5, 0.6) is 0 Å². The first-order valence-electron chi connectivity index (χ1n) is 5.76. The van der Waals surface area contributed by atoms with Crippen LogP contribution < -0.4 is 0 Å². The maximum atomic E-state index is 12.7. The van der Waals surface area contributed by atoms with Gasteiger partial charge in [-0.2, -0.15) is 0 Å². The van der Waals surface area contributed by atoms with E-state index in [0.717, 1.165) is 18.0 Å². The van der Waals surface area contributed by atoms with Crippen molar-refractivity contribution in [1.29, 1.82) is 0 Å². The Morgan fingerprint density at radius 3 is 2.19 bits per heavy atom. The van der Waals surface area contributed by atoms with Crippen LogP contribution in [-0.2, 0) is 6.42 Å². The highest BCUT2D eigenvalue weighted by molar-refractivity contribution is 6.76. The Labute approximate surface area is 98.3 Å². The Morgan fingerprint density at radius 1 is 1.19 bits per heavy atom. The van der Waals surface area contributed by atoms with Crippen molar-refractivity contribution in [3.8, 4) is 0 Å². The quantitative estimate of drug-likeness (QED) is 0.783. The first kappa shape index (κ1) is 13.4. The summed E-state index contributed by atoms with van der Waals surface area (Å²) in [5.74, 6) is 0.117. The molecule has 1 aromatic rings. The van der Waals surface area contributed by atoms with Gasteiger partial charge >= 0.3 is 0 Å². The molecule has 1 rings (SSSR count). The smallest absolute Gasteiger partial charge is 0.123 e. The predicted octanol–water partition coefficient (Wildman–Crippen LogP) is 3.31. The molecule has 1 aromatic carbocycles. The molecule has 1 nitrogen and oxygen atoms in total. The molecule has 0 heterocycles. The molecule has 0 spiro atoms. The largest absolute Gasteiger partial charge is 0.396 e. The van der Waals surface area contributed by atoms with Crippen LogP contribution in [0.25, 0.3) is 0 Å². The van der Waals surface area contributed by atoms with Crippen LogP contribution >= 0.6 is 0 Å². The van der Waals surface area contributed by atoms with E-state index >= 15 is 0 Å². The third-order valence-corrected chi connectivity index (χ3v) is 4.40. The highest BCUT2D eigenvalue weighted by Gasteiger charge is 2.20. The van der Waals surface area contributed by atoms with Gasteiger partial charge in [0.2, 0.25) is 0 Å². The van der Waals surface area contributed by atoms with Crippen molar-refractivity contribution >= 4 is 8.07 Å². The molecule has 90 valence electrons. The predicted molar refractivity (Wildman–Crippen MR) is 68.8 cm³/mol. The van der Waals surface area contributed by atoms with Gasteiger partial charge in [-0.1, -0.05) is 37.8 Å². The molecular formula is C13H21FOSi. The Bertz CT molecular complexity index is 316. The van der Waals surface area contributed by atoms with Crippen LogP contribution in [0, 0.1) is 11.7 Å². The molecule has 1 N–H and O–H groups in total. The Morgan fingerprint density at radius 2 is 1.75 bits per heavy atom. The summed E-state index contributed by atoms with van der Waals surface area (Å²) in [5.41, 5.74) is 1.11. The zero-order valence-corrected chi connectivity index (χ0v) is 11.3. The standard InChI is InChI=1S/C13H21FOSi/c1-16(2,3)10-12(9-15)8-11-4-6-13(14)7-5-11/h4-7,12,15H,8-10H2,1-3H3. The van der Waals surface area contributed by atoms with Gasteiger partial charge in [-0.15, -0.1) is 0 Å². The summed E-state index contributed by atoms with van der Waals surface area (Å²) in [4.78, 5) is 0. The number of rotatable bonds is 5. The van der Waals surface area contributed by atoms with Gasteiger partial charge in [-0.25, -0.2) is 4.39 Å². The molecular weight excluding hydrogens is 219 g/mol. The number of benzene rings is 1. The number of aliphatic hydroxyl groups excluding tert-OH is 1. The van der Waals surface area contributed by atoms with Crippen LogP contribution in [0.15, 0.2) is 24.3 Å². The second kappa shape index (κ2) is 5.59. The molecule has 0 fully saturated rings. The number of aliphatic hydroxyl groups is 1. The van der Waals surface area contributed by atoms with E-state index in [1.807, 2.05) is 12.1 Å². The maximum Gasteiger partial charge on any atom is 0.123 e. The fourth-order valence-corrected chi connectivity index (χ4v) is 4.03. The van der Waals surface area contributed by atoms with Gasteiger partial charge in [0.1, 0.15) is 5.82 Å². The molecule has 0 aliphatic carbocycles. The molecule has 0 radical (unpaired) electrons. The van der Waals surface area contributed by atoms with Crippen LogP contribution in [-0.4, -0.2) is 19.8 Å². The third-order valence-electron chi connectivity index (χ3n) is 2.60. The lowest BCUT2D eigenvalue weighted by Gasteiger charge is -2.23. The van der Waals surface area contributed by atoms with Crippen LogP contribution in [0.4, 0.5) is 4.39 Å². The monoisotopic (exact) mass is 240 g/mol. The van der Waals surface area contributed by atoms with E-state index in [1.54, 1.807) is 0 Å². The van der Waals surface area contributed by atoms with Crippen LogP contribution in [0.2, 0.25) is 25.7 Å². The van der Waals surface area contributed by atoms with Gasteiger partial charge in [0.15, 0.2) is 0 Å². The van der Waals surface area contributed by atoms with E-state index < -0.39 is 8.07 Å². The molecule has 0 aliphatic heterocycles. The van der Waals surface area contributed by atoms with E-state index in [0.29, 0.717) is 5.92 Å². The molecule has 1 atom stereocenters. The highest BCUT2D eigenvalue weighted by Crippen LogP contribution is 2.20. The zero-order valence-electron chi connectivity index (χ0n) is 10.3. The van der Waals surface area contributed by atoms with Crippen LogP contribution in [0.3, 0.4) is 0 Å². The van der Waals surface area contributed by atoms with Gasteiger partial charge in [0, 0.05) is 14.7 Å². The summed E-state index contributed by atoms with van der Waals surface area (Å²) >= 11 is 0. The van der Waals surface area contributed by atoms with E-state index in [2.05, 4.69) is 19.6 Å². The summed E-state index contributed by atoms with van der Waals surface area (Å²) < 4.78 is 12.7. The molecule has 16 heavy (non-hydrogen) atoms. The fourth-order valence-electron chi connectivity index (χ4n) is 2.02. The first-order valence-corrected chi connectivity index (χ1v) is 9.47. The Hall–Kier alpha value is -0.673. The number of hydrogen-bond donors (Lipinski definition) is 1. The molecule has 0 amide bonds. The third kappa shape index (κ3) is 4.90. The lowest BCUT2D eigenvalue weighted by molar-refractivity contribution is 0.236. The number of halogens is 1.